The molecule has 2 nitrogen and oxygen atoms in total. The van der Waals surface area contributed by atoms with Crippen LogP contribution in [0.15, 0.2) is 0 Å². The molecule has 0 aliphatic heterocycles. The molecular weight excluding hydrogens is 106 g/mol. The highest BCUT2D eigenvalue weighted by molar-refractivity contribution is 7.52. The van der Waals surface area contributed by atoms with Crippen LogP contribution in [0.5, 0.6) is 0 Å². The zero-order valence-corrected chi connectivity index (χ0v) is 4.54. The first kappa shape index (κ1) is 6.12. The minimum Gasteiger partial charge on any atom is -0.309 e. The molecule has 0 rings (SSSR count). The summed E-state index contributed by atoms with van der Waals surface area (Å²) in [6.45, 7) is 0.910. The van der Waals surface area contributed by atoms with Gasteiger partial charge in [-0.2, -0.15) is 4.20 Å². The summed E-state index contributed by atoms with van der Waals surface area (Å²) in [6, 6.07) is 0. The molecule has 0 fully saturated rings. The van der Waals surface area contributed by atoms with Crippen molar-refractivity contribution in [3.05, 3.63) is 0 Å². The van der Waals surface area contributed by atoms with Crippen molar-refractivity contribution in [1.29, 1.82) is 0 Å². The topological polar surface area (TPSA) is 26.3 Å². The number of hydrogen-bond donors (Lipinski definition) is 0. The smallest absolute Gasteiger partial charge is 0.309 e. The third-order valence-corrected chi connectivity index (χ3v) is 0.978. The Morgan fingerprint density at radius 1 is 1.83 bits per heavy atom. The van der Waals surface area contributed by atoms with Gasteiger partial charge in [0.25, 0.3) is 0 Å². The molecule has 0 aliphatic rings. The molecule has 1 atom stereocenters. The lowest BCUT2D eigenvalue weighted by Gasteiger charge is -1.92. The van der Waals surface area contributed by atoms with Gasteiger partial charge < -0.3 is 4.52 Å². The van der Waals surface area contributed by atoms with Crippen LogP contribution in [0.1, 0.15) is 0 Å². The summed E-state index contributed by atoms with van der Waals surface area (Å²) in [4.78, 5) is 0. The second-order valence-corrected chi connectivity index (χ2v) is 2.79. The molecule has 0 aromatic rings. The van der Waals surface area contributed by atoms with Crippen LogP contribution in [0.25, 0.3) is 0 Å². The maximum atomic E-state index is 11.5. The van der Waals surface area contributed by atoms with Gasteiger partial charge in [0.2, 0.25) is 0 Å². The normalized spacial score (nSPS) is 19.8. The number of hydrogen-bond acceptors (Lipinski definition) is 2. The van der Waals surface area contributed by atoms with Crippen LogP contribution in [0, 0.1) is 0 Å². The minimum absolute atomic E-state index is 0.910. The molecule has 0 aromatic carbocycles. The van der Waals surface area contributed by atoms with E-state index in [1.165, 1.54) is 0 Å². The van der Waals surface area contributed by atoms with Crippen LogP contribution >= 0.6 is 7.68 Å². The quantitative estimate of drug-likeness (QED) is 0.479. The monoisotopic (exact) mass is 112 g/mol. The van der Waals surface area contributed by atoms with Crippen molar-refractivity contribution in [1.82, 2.24) is 0 Å². The zero-order valence-electron chi connectivity index (χ0n) is 3.64. The van der Waals surface area contributed by atoms with E-state index in [4.69, 9.17) is 0 Å². The lowest BCUT2D eigenvalue weighted by Crippen LogP contribution is -1.68. The van der Waals surface area contributed by atoms with Crippen LogP contribution < -0.4 is 0 Å². The Labute approximate surface area is 35.9 Å². The summed E-state index contributed by atoms with van der Waals surface area (Å²) in [6.07, 6.45) is 0. The molecule has 0 radical (unpaired) electrons. The van der Waals surface area contributed by atoms with Gasteiger partial charge in [-0.1, -0.05) is 0 Å². The van der Waals surface area contributed by atoms with Crippen LogP contribution in [0.2, 0.25) is 0 Å². The molecule has 0 saturated carbocycles. The molecule has 0 aromatic heterocycles. The van der Waals surface area contributed by atoms with Crippen molar-refractivity contribution in [3.8, 4) is 0 Å². The van der Waals surface area contributed by atoms with Gasteiger partial charge in [0.1, 0.15) is 0 Å². The van der Waals surface area contributed by atoms with Gasteiger partial charge in [-0.15, -0.1) is 0 Å². The zero-order chi connectivity index (χ0) is 5.21. The first-order chi connectivity index (χ1) is 2.56. The van der Waals surface area contributed by atoms with E-state index in [1.54, 1.807) is 0 Å². The molecule has 0 heterocycles. The van der Waals surface area contributed by atoms with Crippen LogP contribution in [-0.2, 0) is 9.09 Å². The SMILES string of the molecule is COP(C)(=O)F. The Morgan fingerprint density at radius 3 is 2.00 bits per heavy atom. The van der Waals surface area contributed by atoms with Crippen LogP contribution in [0.4, 0.5) is 4.20 Å². The van der Waals surface area contributed by atoms with E-state index >= 15 is 0 Å². The molecular formula is C2H6FO2P. The maximum Gasteiger partial charge on any atom is 0.364 e. The first-order valence-corrected chi connectivity index (χ1v) is 3.35. The van der Waals surface area contributed by atoms with E-state index in [2.05, 4.69) is 4.52 Å². The Kier molecular flexibility index (Phi) is 1.75. The van der Waals surface area contributed by atoms with Crippen molar-refractivity contribution < 1.29 is 13.3 Å². The van der Waals surface area contributed by atoms with E-state index in [1.807, 2.05) is 0 Å². The highest BCUT2D eigenvalue weighted by atomic mass is 31.2. The average molecular weight is 112 g/mol. The van der Waals surface area contributed by atoms with Crippen molar-refractivity contribution in [2.45, 2.75) is 0 Å². The Balaban J connectivity index is 3.48. The van der Waals surface area contributed by atoms with E-state index < -0.39 is 7.68 Å². The summed E-state index contributed by atoms with van der Waals surface area (Å²) < 4.78 is 25.0. The van der Waals surface area contributed by atoms with Gasteiger partial charge in [-0.3, -0.25) is 4.57 Å². The van der Waals surface area contributed by atoms with Gasteiger partial charge in [0.15, 0.2) is 0 Å². The van der Waals surface area contributed by atoms with Gasteiger partial charge in [0.05, 0.1) is 0 Å². The molecule has 0 N–H and O–H groups in total. The average Bonchev–Trinajstić information content (AvgIpc) is 1.35. The molecule has 4 heteroatoms. The lowest BCUT2D eigenvalue weighted by molar-refractivity contribution is 0.362. The molecule has 0 bridgehead atoms. The molecule has 38 valence electrons. The molecule has 1 unspecified atom stereocenters. The minimum atomic E-state index is -3.65. The fraction of sp³-hybridized carbons (Fsp3) is 1.00. The third-order valence-electron chi connectivity index (χ3n) is 0.326. The van der Waals surface area contributed by atoms with Gasteiger partial charge in [0, 0.05) is 13.8 Å². The molecule has 0 amide bonds. The molecule has 0 aliphatic carbocycles. The van der Waals surface area contributed by atoms with E-state index in [-0.39, 0.29) is 0 Å². The summed E-state index contributed by atoms with van der Waals surface area (Å²) in [7, 11) is -2.58. The van der Waals surface area contributed by atoms with Crippen molar-refractivity contribution in [2.75, 3.05) is 13.8 Å². The van der Waals surface area contributed by atoms with E-state index in [0.717, 1.165) is 13.8 Å². The predicted molar refractivity (Wildman–Crippen MR) is 21.6 cm³/mol. The number of rotatable bonds is 1. The molecule has 0 saturated heterocycles. The van der Waals surface area contributed by atoms with E-state index in [9.17, 15) is 8.76 Å². The largest absolute Gasteiger partial charge is 0.364 e. The summed E-state index contributed by atoms with van der Waals surface area (Å²) >= 11 is 0. The standard InChI is InChI=1S/C2H6FO2P/c1-5-6(2,3)4/h1-2H3. The third kappa shape index (κ3) is 4.12. The van der Waals surface area contributed by atoms with E-state index in [0.29, 0.717) is 0 Å². The first-order valence-electron chi connectivity index (χ1n) is 1.39. The van der Waals surface area contributed by atoms with Crippen molar-refractivity contribution in [3.63, 3.8) is 0 Å². The number of halogens is 1. The molecule has 6 heavy (non-hydrogen) atoms. The predicted octanol–water partition coefficient (Wildman–Crippen LogP) is 1.43. The lowest BCUT2D eigenvalue weighted by atomic mass is 11.8. The van der Waals surface area contributed by atoms with Crippen molar-refractivity contribution >= 4 is 7.68 Å². The van der Waals surface area contributed by atoms with Gasteiger partial charge >= 0.3 is 7.68 Å². The highest BCUT2D eigenvalue weighted by Crippen LogP contribution is 2.42. The Bertz CT molecular complexity index is 75.6. The van der Waals surface area contributed by atoms with Crippen molar-refractivity contribution in [2.24, 2.45) is 0 Å². The fourth-order valence-corrected chi connectivity index (χ4v) is 0. The van der Waals surface area contributed by atoms with Gasteiger partial charge in [-0.25, -0.2) is 0 Å². The second kappa shape index (κ2) is 1.71. The van der Waals surface area contributed by atoms with Gasteiger partial charge in [-0.05, 0) is 0 Å². The van der Waals surface area contributed by atoms with Crippen LogP contribution in [-0.4, -0.2) is 13.8 Å². The van der Waals surface area contributed by atoms with Crippen LogP contribution in [0.3, 0.4) is 0 Å². The molecule has 0 spiro atoms. The Morgan fingerprint density at radius 2 is 2.00 bits per heavy atom. The maximum absolute atomic E-state index is 11.5. The Hall–Kier alpha value is 0.120. The second-order valence-electron chi connectivity index (χ2n) is 0.929. The summed E-state index contributed by atoms with van der Waals surface area (Å²) in [5.74, 6) is 0. The summed E-state index contributed by atoms with van der Waals surface area (Å²) in [5.41, 5.74) is 0. The highest BCUT2D eigenvalue weighted by Gasteiger charge is 2.06. The summed E-state index contributed by atoms with van der Waals surface area (Å²) in [5, 5.41) is 0. The fourth-order valence-electron chi connectivity index (χ4n) is 0.